The van der Waals surface area contributed by atoms with Crippen molar-refractivity contribution in [3.05, 3.63) is 64.9 Å². The molecule has 0 spiro atoms. The van der Waals surface area contributed by atoms with Gasteiger partial charge in [-0.15, -0.1) is 0 Å². The van der Waals surface area contributed by atoms with Gasteiger partial charge in [0.1, 0.15) is 11.3 Å². The summed E-state index contributed by atoms with van der Waals surface area (Å²) in [5.74, 6) is 0.156. The van der Waals surface area contributed by atoms with Gasteiger partial charge >= 0.3 is 5.97 Å². The predicted octanol–water partition coefficient (Wildman–Crippen LogP) is 4.80. The van der Waals surface area contributed by atoms with Crippen molar-refractivity contribution < 1.29 is 13.9 Å². The van der Waals surface area contributed by atoms with Gasteiger partial charge in [0.2, 0.25) is 0 Å². The van der Waals surface area contributed by atoms with Crippen LogP contribution in [0.1, 0.15) is 18.1 Å². The van der Waals surface area contributed by atoms with Gasteiger partial charge in [-0.3, -0.25) is 4.79 Å². The molecular formula is C18H15ClO3. The Morgan fingerprint density at radius 3 is 2.68 bits per heavy atom. The number of fused-ring (bicyclic) bond motifs is 1. The second-order valence-corrected chi connectivity index (χ2v) is 5.49. The smallest absolute Gasteiger partial charge is 0.315 e. The average molecular weight is 315 g/mol. The summed E-state index contributed by atoms with van der Waals surface area (Å²) in [6, 6.07) is 12.7. The normalized spacial score (nSPS) is 10.8. The molecule has 3 nitrogen and oxygen atoms in total. The highest BCUT2D eigenvalue weighted by molar-refractivity contribution is 6.30. The zero-order valence-corrected chi connectivity index (χ0v) is 12.9. The Hall–Kier alpha value is -2.26. The maximum Gasteiger partial charge on any atom is 0.315 e. The van der Waals surface area contributed by atoms with Crippen LogP contribution in [-0.4, -0.2) is 5.97 Å². The fourth-order valence-corrected chi connectivity index (χ4v) is 2.44. The topological polar surface area (TPSA) is 39.4 Å². The first kappa shape index (κ1) is 14.7. The quantitative estimate of drug-likeness (QED) is 0.513. The lowest BCUT2D eigenvalue weighted by molar-refractivity contribution is -0.133. The van der Waals surface area contributed by atoms with Crippen LogP contribution in [0.15, 0.2) is 53.1 Å². The first-order chi connectivity index (χ1) is 10.7. The minimum Gasteiger partial charge on any atom is -0.464 e. The van der Waals surface area contributed by atoms with Crippen molar-refractivity contribution in [2.75, 3.05) is 0 Å². The van der Waals surface area contributed by atoms with Gasteiger partial charge in [0.15, 0.2) is 0 Å². The number of carbonyl (C=O) groups excluding carboxylic acids is 1. The molecule has 0 aliphatic carbocycles. The van der Waals surface area contributed by atoms with Crippen LogP contribution in [0.25, 0.3) is 11.0 Å². The molecule has 0 saturated heterocycles. The van der Waals surface area contributed by atoms with Crippen LogP contribution in [0.3, 0.4) is 0 Å². The molecule has 0 unspecified atom stereocenters. The summed E-state index contributed by atoms with van der Waals surface area (Å²) in [6.07, 6.45) is 2.73. The number of benzene rings is 2. The number of carbonyl (C=O) groups is 1. The number of esters is 1. The van der Waals surface area contributed by atoms with Crippen molar-refractivity contribution in [1.29, 1.82) is 0 Å². The summed E-state index contributed by atoms with van der Waals surface area (Å²) in [5.41, 5.74) is 2.83. The molecular weight excluding hydrogens is 300 g/mol. The van der Waals surface area contributed by atoms with E-state index in [2.05, 4.69) is 13.0 Å². The van der Waals surface area contributed by atoms with E-state index in [1.165, 1.54) is 5.56 Å². The van der Waals surface area contributed by atoms with Gasteiger partial charge in [-0.2, -0.15) is 0 Å². The van der Waals surface area contributed by atoms with Crippen LogP contribution in [0, 0.1) is 0 Å². The zero-order valence-electron chi connectivity index (χ0n) is 12.1. The van der Waals surface area contributed by atoms with Crippen molar-refractivity contribution in [1.82, 2.24) is 0 Å². The number of ether oxygens (including phenoxy) is 1. The molecule has 0 aliphatic heterocycles. The van der Waals surface area contributed by atoms with Gasteiger partial charge in [0, 0.05) is 16.0 Å². The van der Waals surface area contributed by atoms with Crippen molar-refractivity contribution in [3.63, 3.8) is 0 Å². The SMILES string of the molecule is CCc1ccc2occ(CC(=O)Oc3ccc(Cl)cc3)c2c1. The minimum atomic E-state index is -0.327. The fraction of sp³-hybridized carbons (Fsp3) is 0.167. The summed E-state index contributed by atoms with van der Waals surface area (Å²) >= 11 is 5.80. The third kappa shape index (κ3) is 3.15. The van der Waals surface area contributed by atoms with E-state index in [0.29, 0.717) is 10.8 Å². The Bertz CT molecular complexity index is 803. The third-order valence-corrected chi connectivity index (χ3v) is 3.76. The van der Waals surface area contributed by atoms with Crippen molar-refractivity contribution in [2.24, 2.45) is 0 Å². The molecule has 1 aromatic heterocycles. The van der Waals surface area contributed by atoms with Crippen LogP contribution >= 0.6 is 11.6 Å². The lowest BCUT2D eigenvalue weighted by Gasteiger charge is -2.04. The van der Waals surface area contributed by atoms with E-state index in [-0.39, 0.29) is 12.4 Å². The number of aryl methyl sites for hydroxylation is 1. The van der Waals surface area contributed by atoms with Gasteiger partial charge < -0.3 is 9.15 Å². The monoisotopic (exact) mass is 314 g/mol. The molecule has 0 fully saturated rings. The van der Waals surface area contributed by atoms with E-state index >= 15 is 0 Å². The van der Waals surface area contributed by atoms with Crippen molar-refractivity contribution in [2.45, 2.75) is 19.8 Å². The van der Waals surface area contributed by atoms with Gasteiger partial charge in [-0.1, -0.05) is 24.6 Å². The molecule has 1 heterocycles. The second kappa shape index (κ2) is 6.24. The van der Waals surface area contributed by atoms with Gasteiger partial charge in [-0.25, -0.2) is 0 Å². The van der Waals surface area contributed by atoms with Gasteiger partial charge in [-0.05, 0) is 48.4 Å². The molecule has 0 radical (unpaired) electrons. The summed E-state index contributed by atoms with van der Waals surface area (Å²) in [6.45, 7) is 2.09. The van der Waals surface area contributed by atoms with E-state index in [4.69, 9.17) is 20.8 Å². The largest absolute Gasteiger partial charge is 0.464 e. The molecule has 3 aromatic rings. The number of halogens is 1. The first-order valence-electron chi connectivity index (χ1n) is 7.11. The third-order valence-electron chi connectivity index (χ3n) is 3.51. The number of rotatable bonds is 4. The number of hydrogen-bond donors (Lipinski definition) is 0. The molecule has 0 atom stereocenters. The summed E-state index contributed by atoms with van der Waals surface area (Å²) < 4.78 is 10.8. The van der Waals surface area contributed by atoms with Gasteiger partial charge in [0.25, 0.3) is 0 Å². The lowest BCUT2D eigenvalue weighted by Crippen LogP contribution is -2.10. The molecule has 0 saturated carbocycles. The summed E-state index contributed by atoms with van der Waals surface area (Å²) in [5, 5.41) is 1.57. The Morgan fingerprint density at radius 2 is 1.95 bits per heavy atom. The van der Waals surface area contributed by atoms with Gasteiger partial charge in [0.05, 0.1) is 12.7 Å². The molecule has 0 bridgehead atoms. The highest BCUT2D eigenvalue weighted by atomic mass is 35.5. The predicted molar refractivity (Wildman–Crippen MR) is 86.4 cm³/mol. The van der Waals surface area contributed by atoms with Crippen LogP contribution in [0.5, 0.6) is 5.75 Å². The first-order valence-corrected chi connectivity index (χ1v) is 7.48. The van der Waals surface area contributed by atoms with E-state index in [9.17, 15) is 4.79 Å². The molecule has 3 rings (SSSR count). The van der Waals surface area contributed by atoms with Crippen LogP contribution in [-0.2, 0) is 17.6 Å². The molecule has 0 aliphatic rings. The van der Waals surface area contributed by atoms with Crippen LogP contribution in [0.4, 0.5) is 0 Å². The number of hydrogen-bond acceptors (Lipinski definition) is 3. The lowest BCUT2D eigenvalue weighted by atomic mass is 10.1. The Balaban J connectivity index is 1.77. The molecule has 0 amide bonds. The molecule has 112 valence electrons. The van der Waals surface area contributed by atoms with E-state index in [0.717, 1.165) is 23.0 Å². The van der Waals surface area contributed by atoms with Crippen molar-refractivity contribution >= 4 is 28.5 Å². The maximum atomic E-state index is 12.1. The fourth-order valence-electron chi connectivity index (χ4n) is 2.31. The van der Waals surface area contributed by atoms with E-state index in [1.807, 2.05) is 12.1 Å². The Morgan fingerprint density at radius 1 is 1.18 bits per heavy atom. The molecule has 4 heteroatoms. The van der Waals surface area contributed by atoms with E-state index < -0.39 is 0 Å². The molecule has 2 aromatic carbocycles. The van der Waals surface area contributed by atoms with E-state index in [1.54, 1.807) is 30.5 Å². The Labute approximate surface area is 133 Å². The summed E-state index contributed by atoms with van der Waals surface area (Å²) in [7, 11) is 0. The second-order valence-electron chi connectivity index (χ2n) is 5.05. The number of furan rings is 1. The van der Waals surface area contributed by atoms with Crippen molar-refractivity contribution in [3.8, 4) is 5.75 Å². The minimum absolute atomic E-state index is 0.169. The average Bonchev–Trinajstić information content (AvgIpc) is 2.91. The standard InChI is InChI=1S/C18H15ClO3/c1-2-12-3-8-17-16(9-12)13(11-21-17)10-18(20)22-15-6-4-14(19)5-7-15/h3-9,11H,2,10H2,1H3. The van der Waals surface area contributed by atoms with Crippen LogP contribution in [0.2, 0.25) is 5.02 Å². The molecule has 22 heavy (non-hydrogen) atoms. The zero-order chi connectivity index (χ0) is 15.5. The summed E-state index contributed by atoms with van der Waals surface area (Å²) in [4.78, 5) is 12.1. The maximum absolute atomic E-state index is 12.1. The van der Waals surface area contributed by atoms with Crippen LogP contribution < -0.4 is 4.74 Å². The highest BCUT2D eigenvalue weighted by Gasteiger charge is 2.12. The highest BCUT2D eigenvalue weighted by Crippen LogP contribution is 2.24. The Kier molecular flexibility index (Phi) is 4.16. The molecule has 0 N–H and O–H groups in total.